The van der Waals surface area contributed by atoms with Gasteiger partial charge in [0.1, 0.15) is 11.6 Å². The van der Waals surface area contributed by atoms with Crippen LogP contribution in [0, 0.1) is 11.6 Å². The molecular formula is C14H13F2N3O3S. The van der Waals surface area contributed by atoms with Crippen molar-refractivity contribution in [2.24, 2.45) is 5.14 Å². The van der Waals surface area contributed by atoms with E-state index in [0.29, 0.717) is 11.6 Å². The maximum atomic E-state index is 13.4. The van der Waals surface area contributed by atoms with Crippen LogP contribution < -0.4 is 15.8 Å². The van der Waals surface area contributed by atoms with Crippen LogP contribution in [0.2, 0.25) is 0 Å². The first kappa shape index (κ1) is 16.8. The van der Waals surface area contributed by atoms with Gasteiger partial charge in [-0.1, -0.05) is 12.1 Å². The number of urea groups is 1. The van der Waals surface area contributed by atoms with Crippen LogP contribution in [0.3, 0.4) is 0 Å². The highest BCUT2D eigenvalue weighted by molar-refractivity contribution is 7.89. The summed E-state index contributed by atoms with van der Waals surface area (Å²) in [6.07, 6.45) is 0. The molecule has 0 fully saturated rings. The molecule has 23 heavy (non-hydrogen) atoms. The molecule has 9 heteroatoms. The summed E-state index contributed by atoms with van der Waals surface area (Å²) in [7, 11) is -3.77. The molecule has 0 aliphatic heterocycles. The Morgan fingerprint density at radius 3 is 2.30 bits per heavy atom. The van der Waals surface area contributed by atoms with Gasteiger partial charge in [0.05, 0.1) is 10.6 Å². The Hall–Kier alpha value is -2.52. The van der Waals surface area contributed by atoms with E-state index >= 15 is 0 Å². The van der Waals surface area contributed by atoms with Gasteiger partial charge in [-0.15, -0.1) is 0 Å². The molecule has 122 valence electrons. The average molecular weight is 341 g/mol. The number of nitrogens with two attached hydrogens (primary N) is 1. The molecule has 0 aliphatic carbocycles. The zero-order valence-corrected chi connectivity index (χ0v) is 12.5. The van der Waals surface area contributed by atoms with Crippen molar-refractivity contribution in [3.8, 4) is 0 Å². The van der Waals surface area contributed by atoms with Gasteiger partial charge in [0.25, 0.3) is 0 Å². The molecule has 2 aromatic rings. The minimum Gasteiger partial charge on any atom is -0.334 e. The van der Waals surface area contributed by atoms with Gasteiger partial charge in [0.15, 0.2) is 0 Å². The third-order valence-electron chi connectivity index (χ3n) is 2.88. The third kappa shape index (κ3) is 4.73. The van der Waals surface area contributed by atoms with E-state index < -0.39 is 27.7 Å². The topological polar surface area (TPSA) is 101 Å². The molecule has 2 amide bonds. The zero-order valence-electron chi connectivity index (χ0n) is 11.7. The van der Waals surface area contributed by atoms with E-state index in [2.05, 4.69) is 10.6 Å². The molecule has 0 radical (unpaired) electrons. The number of halogens is 2. The summed E-state index contributed by atoms with van der Waals surface area (Å²) in [6, 6.07) is 7.67. The summed E-state index contributed by atoms with van der Waals surface area (Å²) >= 11 is 0. The van der Waals surface area contributed by atoms with Crippen molar-refractivity contribution in [1.29, 1.82) is 0 Å². The molecule has 0 aliphatic rings. The van der Waals surface area contributed by atoms with Crippen LogP contribution in [0.4, 0.5) is 19.3 Å². The summed E-state index contributed by atoms with van der Waals surface area (Å²) in [5, 5.41) is 9.66. The van der Waals surface area contributed by atoms with Crippen LogP contribution in [-0.4, -0.2) is 14.4 Å². The maximum absolute atomic E-state index is 13.4. The largest absolute Gasteiger partial charge is 0.334 e. The van der Waals surface area contributed by atoms with Gasteiger partial charge in [0.2, 0.25) is 10.0 Å². The number of hydrogen-bond acceptors (Lipinski definition) is 3. The molecule has 0 spiro atoms. The number of rotatable bonds is 4. The van der Waals surface area contributed by atoms with E-state index in [1.165, 1.54) is 24.3 Å². The van der Waals surface area contributed by atoms with Crippen LogP contribution >= 0.6 is 0 Å². The van der Waals surface area contributed by atoms with Crippen molar-refractivity contribution >= 4 is 21.7 Å². The van der Waals surface area contributed by atoms with Crippen LogP contribution in [0.15, 0.2) is 47.4 Å². The number of nitrogens with one attached hydrogen (secondary N) is 2. The minimum atomic E-state index is -3.77. The van der Waals surface area contributed by atoms with E-state index in [1.807, 2.05) is 0 Å². The van der Waals surface area contributed by atoms with E-state index in [-0.39, 0.29) is 17.1 Å². The number of amides is 2. The smallest absolute Gasteiger partial charge is 0.319 e. The van der Waals surface area contributed by atoms with Gasteiger partial charge in [-0.05, 0) is 29.8 Å². The third-order valence-corrected chi connectivity index (χ3v) is 3.81. The van der Waals surface area contributed by atoms with Crippen LogP contribution in [0.1, 0.15) is 5.56 Å². The summed E-state index contributed by atoms with van der Waals surface area (Å²) in [5.41, 5.74) is 0.459. The first-order valence-electron chi connectivity index (χ1n) is 6.37. The molecule has 2 rings (SSSR count). The van der Waals surface area contributed by atoms with Gasteiger partial charge in [-0.25, -0.2) is 27.1 Å². The summed E-state index contributed by atoms with van der Waals surface area (Å²) < 4.78 is 48.3. The Labute approximate surface area is 131 Å². The van der Waals surface area contributed by atoms with Gasteiger partial charge in [0, 0.05) is 12.6 Å². The molecule has 0 saturated carbocycles. The molecule has 0 heterocycles. The van der Waals surface area contributed by atoms with Crippen molar-refractivity contribution in [2.75, 3.05) is 5.32 Å². The molecule has 0 bridgehead atoms. The highest BCUT2D eigenvalue weighted by atomic mass is 32.2. The second-order valence-electron chi connectivity index (χ2n) is 4.62. The lowest BCUT2D eigenvalue weighted by molar-refractivity contribution is 0.251. The lowest BCUT2D eigenvalue weighted by atomic mass is 10.2. The predicted molar refractivity (Wildman–Crippen MR) is 80.0 cm³/mol. The number of primary sulfonamides is 1. The Morgan fingerprint density at radius 1 is 1.09 bits per heavy atom. The fraction of sp³-hybridized carbons (Fsp3) is 0.0714. The Bertz CT molecular complexity index is 824. The van der Waals surface area contributed by atoms with Crippen molar-refractivity contribution in [1.82, 2.24) is 5.32 Å². The molecule has 0 unspecified atom stereocenters. The lowest BCUT2D eigenvalue weighted by Gasteiger charge is -2.09. The van der Waals surface area contributed by atoms with Crippen molar-refractivity contribution in [3.63, 3.8) is 0 Å². The first-order valence-corrected chi connectivity index (χ1v) is 7.92. The standard InChI is InChI=1S/C14H13F2N3O3S/c15-10-3-6-13(12(16)7-10)19-14(20)18-8-9-1-4-11(5-2-9)23(17,21)22/h1-7H,8H2,(H2,17,21,22)(H2,18,19,20). The quantitative estimate of drug-likeness (QED) is 0.792. The molecule has 0 saturated heterocycles. The van der Waals surface area contributed by atoms with E-state index in [0.717, 1.165) is 12.1 Å². The highest BCUT2D eigenvalue weighted by Gasteiger charge is 2.09. The second-order valence-corrected chi connectivity index (χ2v) is 6.18. The van der Waals surface area contributed by atoms with E-state index in [1.54, 1.807) is 0 Å². The van der Waals surface area contributed by atoms with Crippen LogP contribution in [0.25, 0.3) is 0 Å². The summed E-state index contributed by atoms with van der Waals surface area (Å²) in [5.74, 6) is -1.64. The van der Waals surface area contributed by atoms with Gasteiger partial charge in [-0.3, -0.25) is 0 Å². The Balaban J connectivity index is 1.94. The average Bonchev–Trinajstić information content (AvgIpc) is 2.47. The van der Waals surface area contributed by atoms with Crippen molar-refractivity contribution in [2.45, 2.75) is 11.4 Å². The monoisotopic (exact) mass is 341 g/mol. The fourth-order valence-corrected chi connectivity index (χ4v) is 2.25. The Kier molecular flexibility index (Phi) is 4.92. The van der Waals surface area contributed by atoms with Crippen molar-refractivity contribution < 1.29 is 22.0 Å². The summed E-state index contributed by atoms with van der Waals surface area (Å²) in [4.78, 5) is 11.6. The number of sulfonamides is 1. The number of carbonyl (C=O) groups excluding carboxylic acids is 1. The van der Waals surface area contributed by atoms with Gasteiger partial charge < -0.3 is 10.6 Å². The maximum Gasteiger partial charge on any atom is 0.319 e. The normalized spacial score (nSPS) is 11.1. The number of anilines is 1. The van der Waals surface area contributed by atoms with Crippen molar-refractivity contribution in [3.05, 3.63) is 59.7 Å². The fourth-order valence-electron chi connectivity index (χ4n) is 1.74. The number of carbonyl (C=O) groups is 1. The summed E-state index contributed by atoms with van der Waals surface area (Å²) in [6.45, 7) is 0.0829. The lowest BCUT2D eigenvalue weighted by Crippen LogP contribution is -2.28. The highest BCUT2D eigenvalue weighted by Crippen LogP contribution is 2.14. The molecule has 0 aromatic heterocycles. The molecule has 6 nitrogen and oxygen atoms in total. The SMILES string of the molecule is NS(=O)(=O)c1ccc(CNC(=O)Nc2ccc(F)cc2F)cc1. The van der Waals surface area contributed by atoms with Gasteiger partial charge >= 0.3 is 6.03 Å². The molecular weight excluding hydrogens is 328 g/mol. The molecule has 0 atom stereocenters. The van der Waals surface area contributed by atoms with Crippen LogP contribution in [-0.2, 0) is 16.6 Å². The number of benzene rings is 2. The molecule has 2 aromatic carbocycles. The van der Waals surface area contributed by atoms with E-state index in [4.69, 9.17) is 5.14 Å². The Morgan fingerprint density at radius 2 is 1.74 bits per heavy atom. The number of hydrogen-bond donors (Lipinski definition) is 3. The van der Waals surface area contributed by atoms with Gasteiger partial charge in [-0.2, -0.15) is 0 Å². The first-order chi connectivity index (χ1) is 10.8. The minimum absolute atomic E-state index is 0.0425. The second kappa shape index (κ2) is 6.71. The van der Waals surface area contributed by atoms with E-state index in [9.17, 15) is 22.0 Å². The molecule has 4 N–H and O–H groups in total. The zero-order chi connectivity index (χ0) is 17.0. The van der Waals surface area contributed by atoms with Crippen LogP contribution in [0.5, 0.6) is 0 Å². The predicted octanol–water partition coefficient (Wildman–Crippen LogP) is 1.93.